The van der Waals surface area contributed by atoms with Crippen LogP contribution in [0.1, 0.15) is 11.1 Å². The van der Waals surface area contributed by atoms with Crippen LogP contribution in [-0.4, -0.2) is 0 Å². The molecule has 0 spiro atoms. The lowest BCUT2D eigenvalue weighted by atomic mass is 9.88. The lowest BCUT2D eigenvalue weighted by molar-refractivity contribution is 1.43. The zero-order chi connectivity index (χ0) is 16.8. The summed E-state index contributed by atoms with van der Waals surface area (Å²) in [5.41, 5.74) is 5.23. The third-order valence-electron chi connectivity index (χ3n) is 4.63. The number of hydrogen-bond acceptors (Lipinski definition) is 0. The minimum atomic E-state index is 1.15. The van der Waals surface area contributed by atoms with Gasteiger partial charge in [0.25, 0.3) is 0 Å². The topological polar surface area (TPSA) is 0 Å². The van der Waals surface area contributed by atoms with Gasteiger partial charge in [-0.25, -0.2) is 0 Å². The van der Waals surface area contributed by atoms with Crippen molar-refractivity contribution < 1.29 is 0 Å². The molecule has 0 nitrogen and oxygen atoms in total. The van der Waals surface area contributed by atoms with Crippen LogP contribution in [0.25, 0.3) is 32.7 Å². The minimum Gasteiger partial charge on any atom is -0.0616 e. The molecule has 0 saturated carbocycles. The van der Waals surface area contributed by atoms with Crippen molar-refractivity contribution in [3.05, 3.63) is 80.7 Å². The molecule has 24 heavy (non-hydrogen) atoms. The van der Waals surface area contributed by atoms with Crippen LogP contribution < -0.4 is 0 Å². The fraction of sp³-hybridized carbons (Fsp3) is 0.0909. The largest absolute Gasteiger partial charge is 0.0616 e. The summed E-state index contributed by atoms with van der Waals surface area (Å²) < 4.78 is 2.30. The van der Waals surface area contributed by atoms with E-state index in [9.17, 15) is 0 Å². The zero-order valence-electron chi connectivity index (χ0n) is 13.5. The van der Waals surface area contributed by atoms with Gasteiger partial charge in [0.1, 0.15) is 0 Å². The minimum absolute atomic E-state index is 1.15. The lowest BCUT2D eigenvalue weighted by Crippen LogP contribution is -1.93. The summed E-state index contributed by atoms with van der Waals surface area (Å²) in [6.45, 7) is 4.39. The van der Waals surface area contributed by atoms with Crippen LogP contribution in [0.2, 0.25) is 0 Å². The highest BCUT2D eigenvalue weighted by Crippen LogP contribution is 2.42. The van der Waals surface area contributed by atoms with Crippen LogP contribution in [0.3, 0.4) is 0 Å². The van der Waals surface area contributed by atoms with Crippen LogP contribution in [0.4, 0.5) is 0 Å². The third kappa shape index (κ3) is 2.40. The average molecular weight is 440 g/mol. The van der Waals surface area contributed by atoms with Gasteiger partial charge < -0.3 is 0 Å². The van der Waals surface area contributed by atoms with Gasteiger partial charge in [0.05, 0.1) is 0 Å². The van der Waals surface area contributed by atoms with E-state index in [1.165, 1.54) is 43.8 Å². The van der Waals surface area contributed by atoms with Gasteiger partial charge in [0.15, 0.2) is 0 Å². The smallest absolute Gasteiger partial charge is 0.0256 e. The molecule has 0 fully saturated rings. The van der Waals surface area contributed by atoms with E-state index in [2.05, 4.69) is 106 Å². The van der Waals surface area contributed by atoms with E-state index in [1.54, 1.807) is 0 Å². The van der Waals surface area contributed by atoms with E-state index in [0.717, 1.165) is 8.95 Å². The second kappa shape index (κ2) is 6.02. The summed E-state index contributed by atoms with van der Waals surface area (Å²) in [5, 5.41) is 5.09. The fourth-order valence-corrected chi connectivity index (χ4v) is 4.97. The van der Waals surface area contributed by atoms with Crippen molar-refractivity contribution in [3.63, 3.8) is 0 Å². The highest BCUT2D eigenvalue weighted by atomic mass is 79.9. The predicted octanol–water partition coefficient (Wildman–Crippen LogP) is 7.80. The molecule has 0 saturated heterocycles. The number of halogens is 2. The van der Waals surface area contributed by atoms with Gasteiger partial charge in [-0.3, -0.25) is 0 Å². The van der Waals surface area contributed by atoms with E-state index in [1.807, 2.05) is 0 Å². The molecular weight excluding hydrogens is 424 g/mol. The van der Waals surface area contributed by atoms with Crippen LogP contribution in [0.5, 0.6) is 0 Å². The second-order valence-electron chi connectivity index (χ2n) is 6.19. The molecule has 0 atom stereocenters. The molecule has 0 aliphatic carbocycles. The Balaban J connectivity index is 2.23. The maximum atomic E-state index is 3.73. The number of benzene rings is 4. The molecule has 0 aliphatic rings. The Morgan fingerprint density at radius 2 is 0.875 bits per heavy atom. The van der Waals surface area contributed by atoms with Gasteiger partial charge in [-0.1, -0.05) is 80.4 Å². The Morgan fingerprint density at radius 3 is 1.25 bits per heavy atom. The lowest BCUT2D eigenvalue weighted by Gasteiger charge is -2.18. The Bertz CT molecular complexity index is 1000. The standard InChI is InChI=1S/C22H16Br2/c1-13-11-19(23)15-7-3-5-9-17(15)21(13)22-14(2)12-20(24)16-8-4-6-10-18(16)22/h3-12H,1-2H3. The van der Waals surface area contributed by atoms with Crippen LogP contribution in [0.15, 0.2) is 69.6 Å². The van der Waals surface area contributed by atoms with Crippen molar-refractivity contribution in [3.8, 4) is 11.1 Å². The summed E-state index contributed by atoms with van der Waals surface area (Å²) in [5.74, 6) is 0. The van der Waals surface area contributed by atoms with Crippen LogP contribution in [-0.2, 0) is 0 Å². The van der Waals surface area contributed by atoms with Crippen LogP contribution in [0, 0.1) is 13.8 Å². The second-order valence-corrected chi connectivity index (χ2v) is 7.90. The van der Waals surface area contributed by atoms with E-state index in [4.69, 9.17) is 0 Å². The fourth-order valence-electron chi connectivity index (χ4n) is 3.59. The van der Waals surface area contributed by atoms with E-state index in [-0.39, 0.29) is 0 Å². The van der Waals surface area contributed by atoms with E-state index in [0.29, 0.717) is 0 Å². The third-order valence-corrected chi connectivity index (χ3v) is 5.94. The summed E-state index contributed by atoms with van der Waals surface area (Å²) >= 11 is 7.45. The summed E-state index contributed by atoms with van der Waals surface area (Å²) in [6, 6.07) is 21.7. The Labute approximate surface area is 158 Å². The van der Waals surface area contributed by atoms with Gasteiger partial charge in [-0.05, 0) is 69.8 Å². The quantitative estimate of drug-likeness (QED) is 0.283. The molecule has 0 aliphatic heterocycles. The molecule has 0 aromatic heterocycles. The Kier molecular flexibility index (Phi) is 3.98. The molecule has 0 heterocycles. The summed E-state index contributed by atoms with van der Waals surface area (Å²) in [6.07, 6.45) is 0. The molecule has 0 N–H and O–H groups in total. The van der Waals surface area contributed by atoms with Crippen molar-refractivity contribution >= 4 is 53.4 Å². The summed E-state index contributed by atoms with van der Waals surface area (Å²) in [4.78, 5) is 0. The molecule has 2 heteroatoms. The first-order valence-corrected chi connectivity index (χ1v) is 9.52. The predicted molar refractivity (Wildman–Crippen MR) is 112 cm³/mol. The first-order chi connectivity index (χ1) is 11.6. The van der Waals surface area contributed by atoms with Crippen molar-refractivity contribution in [1.82, 2.24) is 0 Å². The van der Waals surface area contributed by atoms with Gasteiger partial charge in [-0.15, -0.1) is 0 Å². The van der Waals surface area contributed by atoms with Gasteiger partial charge >= 0.3 is 0 Å². The highest BCUT2D eigenvalue weighted by molar-refractivity contribution is 9.11. The molecule has 118 valence electrons. The SMILES string of the molecule is Cc1cc(Br)c2ccccc2c1-c1c(C)cc(Br)c2ccccc12. The van der Waals surface area contributed by atoms with Crippen molar-refractivity contribution in [2.75, 3.05) is 0 Å². The molecule has 0 radical (unpaired) electrons. The molecule has 4 aromatic rings. The number of fused-ring (bicyclic) bond motifs is 2. The van der Waals surface area contributed by atoms with Crippen LogP contribution >= 0.6 is 31.9 Å². The molecular formula is C22H16Br2. The maximum absolute atomic E-state index is 3.73. The monoisotopic (exact) mass is 438 g/mol. The number of rotatable bonds is 1. The summed E-state index contributed by atoms with van der Waals surface area (Å²) in [7, 11) is 0. The van der Waals surface area contributed by atoms with Crippen molar-refractivity contribution in [2.24, 2.45) is 0 Å². The van der Waals surface area contributed by atoms with Gasteiger partial charge in [0, 0.05) is 8.95 Å². The van der Waals surface area contributed by atoms with Gasteiger partial charge in [-0.2, -0.15) is 0 Å². The first kappa shape index (κ1) is 15.9. The van der Waals surface area contributed by atoms with Gasteiger partial charge in [0.2, 0.25) is 0 Å². The number of hydrogen-bond donors (Lipinski definition) is 0. The van der Waals surface area contributed by atoms with E-state index >= 15 is 0 Å². The normalized spacial score (nSPS) is 11.3. The maximum Gasteiger partial charge on any atom is 0.0256 e. The van der Waals surface area contributed by atoms with E-state index < -0.39 is 0 Å². The number of aryl methyl sites for hydroxylation is 2. The van der Waals surface area contributed by atoms with Crippen molar-refractivity contribution in [1.29, 1.82) is 0 Å². The average Bonchev–Trinajstić information content (AvgIpc) is 2.57. The molecule has 4 aromatic carbocycles. The highest BCUT2D eigenvalue weighted by Gasteiger charge is 2.16. The molecule has 0 amide bonds. The zero-order valence-corrected chi connectivity index (χ0v) is 16.7. The molecule has 0 bridgehead atoms. The molecule has 4 rings (SSSR count). The Hall–Kier alpha value is -1.64. The molecule has 0 unspecified atom stereocenters. The van der Waals surface area contributed by atoms with Crippen molar-refractivity contribution in [2.45, 2.75) is 13.8 Å². The Morgan fingerprint density at radius 1 is 0.542 bits per heavy atom. The first-order valence-electron chi connectivity index (χ1n) is 7.94.